The smallest absolute Gasteiger partial charge is 0.407 e. The Bertz CT molecular complexity index is 678. The molecule has 6 nitrogen and oxygen atoms in total. The van der Waals surface area contributed by atoms with Gasteiger partial charge in [0.1, 0.15) is 5.82 Å². The molecule has 1 saturated heterocycles. The molecule has 1 aromatic carbocycles. The van der Waals surface area contributed by atoms with Crippen molar-refractivity contribution in [3.63, 3.8) is 0 Å². The lowest BCUT2D eigenvalue weighted by molar-refractivity contribution is 0.142. The van der Waals surface area contributed by atoms with Crippen LogP contribution in [0.1, 0.15) is 25.3 Å². The van der Waals surface area contributed by atoms with E-state index in [0.717, 1.165) is 6.07 Å². The fourth-order valence-electron chi connectivity index (χ4n) is 2.50. The molecular formula is C15H21FN2O4S. The highest BCUT2D eigenvalue weighted by Gasteiger charge is 2.31. The third-order valence-corrected chi connectivity index (χ3v) is 5.62. The van der Waals surface area contributed by atoms with Crippen molar-refractivity contribution in [2.45, 2.75) is 37.6 Å². The van der Waals surface area contributed by atoms with Crippen molar-refractivity contribution < 1.29 is 22.3 Å². The predicted octanol–water partition coefficient (Wildman–Crippen LogP) is 2.03. The molecule has 1 aliphatic rings. The lowest BCUT2D eigenvalue weighted by Crippen LogP contribution is -2.49. The zero-order valence-corrected chi connectivity index (χ0v) is 14.0. The summed E-state index contributed by atoms with van der Waals surface area (Å²) in [5, 5.41) is 2.65. The van der Waals surface area contributed by atoms with Crippen molar-refractivity contribution in [1.29, 1.82) is 0 Å². The number of piperidine rings is 1. The first-order valence-corrected chi connectivity index (χ1v) is 8.98. The van der Waals surface area contributed by atoms with Gasteiger partial charge in [-0.25, -0.2) is 17.6 Å². The van der Waals surface area contributed by atoms with Crippen molar-refractivity contribution in [2.75, 3.05) is 19.7 Å². The third-order valence-electron chi connectivity index (χ3n) is 3.76. The topological polar surface area (TPSA) is 75.7 Å². The van der Waals surface area contributed by atoms with Gasteiger partial charge < -0.3 is 10.1 Å². The van der Waals surface area contributed by atoms with E-state index in [9.17, 15) is 17.6 Å². The molecule has 1 aliphatic heterocycles. The number of ether oxygens (including phenoxy) is 1. The Hall–Kier alpha value is -1.67. The van der Waals surface area contributed by atoms with E-state index in [4.69, 9.17) is 4.74 Å². The predicted molar refractivity (Wildman–Crippen MR) is 83.1 cm³/mol. The molecule has 0 aromatic heterocycles. The number of aryl methyl sites for hydroxylation is 1. The van der Waals surface area contributed by atoms with Crippen molar-refractivity contribution in [2.24, 2.45) is 0 Å². The highest BCUT2D eigenvalue weighted by molar-refractivity contribution is 7.89. The van der Waals surface area contributed by atoms with Gasteiger partial charge in [-0.1, -0.05) is 6.07 Å². The lowest BCUT2D eigenvalue weighted by atomic mass is 10.1. The summed E-state index contributed by atoms with van der Waals surface area (Å²) in [7, 11) is -3.78. The molecule has 1 atom stereocenters. The monoisotopic (exact) mass is 344 g/mol. The van der Waals surface area contributed by atoms with Crippen LogP contribution in [0.25, 0.3) is 0 Å². The van der Waals surface area contributed by atoms with Gasteiger partial charge in [0.25, 0.3) is 0 Å². The standard InChI is InChI=1S/C15H21FN2O4S/c1-3-22-15(19)17-12-5-4-8-18(10-12)23(20,21)13-7-6-11(2)14(16)9-13/h6-7,9,12H,3-5,8,10H2,1-2H3,(H,17,19). The Morgan fingerprint density at radius 1 is 1.48 bits per heavy atom. The van der Waals surface area contributed by atoms with Crippen molar-refractivity contribution in [1.82, 2.24) is 9.62 Å². The Morgan fingerprint density at radius 2 is 2.22 bits per heavy atom. The summed E-state index contributed by atoms with van der Waals surface area (Å²) in [6, 6.07) is 3.57. The number of sulfonamides is 1. The molecule has 0 saturated carbocycles. The number of alkyl carbamates (subject to hydrolysis) is 1. The Kier molecular flexibility index (Phi) is 5.59. The van der Waals surface area contributed by atoms with E-state index in [0.29, 0.717) is 24.9 Å². The third kappa shape index (κ3) is 4.20. The van der Waals surface area contributed by atoms with Gasteiger partial charge in [-0.05, 0) is 44.4 Å². The number of nitrogens with one attached hydrogen (secondary N) is 1. The molecule has 128 valence electrons. The average molecular weight is 344 g/mol. The van der Waals surface area contributed by atoms with Gasteiger partial charge in [0.05, 0.1) is 11.5 Å². The van der Waals surface area contributed by atoms with Gasteiger partial charge in [0.15, 0.2) is 0 Å². The molecule has 0 bridgehead atoms. The zero-order chi connectivity index (χ0) is 17.0. The van der Waals surface area contributed by atoms with Crippen LogP contribution in [0, 0.1) is 12.7 Å². The number of hydrogen-bond acceptors (Lipinski definition) is 4. The number of rotatable bonds is 4. The van der Waals surface area contributed by atoms with Crippen LogP contribution < -0.4 is 5.32 Å². The molecule has 1 unspecified atom stereocenters. The molecule has 0 radical (unpaired) electrons. The first-order valence-electron chi connectivity index (χ1n) is 7.54. The minimum Gasteiger partial charge on any atom is -0.450 e. The summed E-state index contributed by atoms with van der Waals surface area (Å²) >= 11 is 0. The SMILES string of the molecule is CCOC(=O)NC1CCCN(S(=O)(=O)c2ccc(C)c(F)c2)C1. The molecule has 1 N–H and O–H groups in total. The molecule has 1 amide bonds. The minimum atomic E-state index is -3.78. The molecule has 1 heterocycles. The number of halogens is 1. The number of carbonyl (C=O) groups excluding carboxylic acids is 1. The van der Waals surface area contributed by atoms with Gasteiger partial charge in [0.2, 0.25) is 10.0 Å². The molecule has 8 heteroatoms. The van der Waals surface area contributed by atoms with Crippen LogP contribution in [0.3, 0.4) is 0 Å². The van der Waals surface area contributed by atoms with Crippen LogP contribution in [0.2, 0.25) is 0 Å². The van der Waals surface area contributed by atoms with E-state index in [1.54, 1.807) is 13.8 Å². The zero-order valence-electron chi connectivity index (χ0n) is 13.2. The van der Waals surface area contributed by atoms with Gasteiger partial charge in [0, 0.05) is 19.1 Å². The first-order chi connectivity index (χ1) is 10.8. The highest BCUT2D eigenvalue weighted by Crippen LogP contribution is 2.22. The first kappa shape index (κ1) is 17.7. The van der Waals surface area contributed by atoms with E-state index in [1.165, 1.54) is 16.4 Å². The van der Waals surface area contributed by atoms with Gasteiger partial charge >= 0.3 is 6.09 Å². The maximum atomic E-state index is 13.7. The molecule has 1 fully saturated rings. The average Bonchev–Trinajstić information content (AvgIpc) is 2.50. The summed E-state index contributed by atoms with van der Waals surface area (Å²) in [5.74, 6) is -0.552. The maximum Gasteiger partial charge on any atom is 0.407 e. The van der Waals surface area contributed by atoms with Crippen LogP contribution in [0.15, 0.2) is 23.1 Å². The van der Waals surface area contributed by atoms with Gasteiger partial charge in [-0.3, -0.25) is 0 Å². The summed E-state index contributed by atoms with van der Waals surface area (Å²) in [4.78, 5) is 11.4. The number of benzene rings is 1. The van der Waals surface area contributed by atoms with Crippen molar-refractivity contribution in [3.8, 4) is 0 Å². The van der Waals surface area contributed by atoms with E-state index in [-0.39, 0.29) is 24.1 Å². The fourth-order valence-corrected chi connectivity index (χ4v) is 4.04. The molecule has 23 heavy (non-hydrogen) atoms. The Balaban J connectivity index is 2.12. The van der Waals surface area contributed by atoms with Crippen molar-refractivity contribution in [3.05, 3.63) is 29.6 Å². The Labute approximate surface area is 135 Å². The minimum absolute atomic E-state index is 0.0719. The summed E-state index contributed by atoms with van der Waals surface area (Å²) in [6.07, 6.45) is 0.732. The van der Waals surface area contributed by atoms with E-state index < -0.39 is 21.9 Å². The second-order valence-corrected chi connectivity index (χ2v) is 7.42. The number of hydrogen-bond donors (Lipinski definition) is 1. The van der Waals surface area contributed by atoms with E-state index in [2.05, 4.69) is 5.32 Å². The highest BCUT2D eigenvalue weighted by atomic mass is 32.2. The normalized spacial score (nSPS) is 19.3. The second-order valence-electron chi connectivity index (χ2n) is 5.48. The lowest BCUT2D eigenvalue weighted by Gasteiger charge is -2.32. The van der Waals surface area contributed by atoms with Crippen LogP contribution in [0.5, 0.6) is 0 Å². The number of amides is 1. The maximum absolute atomic E-state index is 13.7. The molecule has 1 aromatic rings. The largest absolute Gasteiger partial charge is 0.450 e. The summed E-state index contributed by atoms with van der Waals surface area (Å²) in [6.45, 7) is 4.02. The molecule has 2 rings (SSSR count). The quantitative estimate of drug-likeness (QED) is 0.907. The second kappa shape index (κ2) is 7.27. The van der Waals surface area contributed by atoms with E-state index >= 15 is 0 Å². The summed E-state index contributed by atoms with van der Waals surface area (Å²) in [5.41, 5.74) is 0.393. The van der Waals surface area contributed by atoms with Crippen LogP contribution in [-0.2, 0) is 14.8 Å². The van der Waals surface area contributed by atoms with E-state index in [1.807, 2.05) is 0 Å². The molecule has 0 aliphatic carbocycles. The van der Waals surface area contributed by atoms with Gasteiger partial charge in [-0.15, -0.1) is 0 Å². The summed E-state index contributed by atoms with van der Waals surface area (Å²) < 4.78 is 45.0. The number of nitrogens with zero attached hydrogens (tertiary/aromatic N) is 1. The fraction of sp³-hybridized carbons (Fsp3) is 0.533. The van der Waals surface area contributed by atoms with Crippen LogP contribution >= 0.6 is 0 Å². The van der Waals surface area contributed by atoms with Crippen molar-refractivity contribution >= 4 is 16.1 Å². The van der Waals surface area contributed by atoms with Crippen LogP contribution in [0.4, 0.5) is 9.18 Å². The molecular weight excluding hydrogens is 323 g/mol. The number of carbonyl (C=O) groups is 1. The Morgan fingerprint density at radius 3 is 2.87 bits per heavy atom. The molecule has 0 spiro atoms. The van der Waals surface area contributed by atoms with Gasteiger partial charge in [-0.2, -0.15) is 4.31 Å². The van der Waals surface area contributed by atoms with Crippen LogP contribution in [-0.4, -0.2) is 44.6 Å².